The number of nitriles is 1. The smallest absolute Gasteiger partial charge is 0.306 e. The van der Waals surface area contributed by atoms with E-state index in [1.165, 1.54) is 0 Å². The fourth-order valence-corrected chi connectivity index (χ4v) is 1.71. The number of carbonyl (C=O) groups is 1. The van der Waals surface area contributed by atoms with Crippen LogP contribution >= 0.6 is 0 Å². The minimum absolute atomic E-state index is 0.134. The lowest BCUT2D eigenvalue weighted by Gasteiger charge is -2.05. The largest absolute Gasteiger partial charge is 0.461 e. The summed E-state index contributed by atoms with van der Waals surface area (Å²) in [5.74, 6) is -0.291. The molecule has 0 aliphatic rings. The van der Waals surface area contributed by atoms with Gasteiger partial charge < -0.3 is 4.74 Å². The van der Waals surface area contributed by atoms with Gasteiger partial charge in [0.05, 0.1) is 6.07 Å². The first-order valence-corrected chi connectivity index (χ1v) is 6.64. The molecular weight excluding hydrogens is 238 g/mol. The molecule has 1 rings (SSSR count). The zero-order valence-corrected chi connectivity index (χ0v) is 11.2. The molecule has 0 amide bonds. The Morgan fingerprint density at radius 1 is 1.26 bits per heavy atom. The van der Waals surface area contributed by atoms with Gasteiger partial charge in [-0.3, -0.25) is 4.79 Å². The summed E-state index contributed by atoms with van der Waals surface area (Å²) in [4.78, 5) is 11.5. The quantitative estimate of drug-likeness (QED) is 0.528. The number of esters is 1. The Morgan fingerprint density at radius 2 is 2.00 bits per heavy atom. The fraction of sp³-hybridized carbons (Fsp3) is 0.438. The lowest BCUT2D eigenvalue weighted by atomic mass is 10.0. The SMILES string of the molecule is [CH2]C(C#N)CCCCCC(=O)OCc1ccccc1. The highest BCUT2D eigenvalue weighted by molar-refractivity contribution is 5.69. The van der Waals surface area contributed by atoms with E-state index in [0.717, 1.165) is 31.2 Å². The van der Waals surface area contributed by atoms with Gasteiger partial charge in [0.2, 0.25) is 0 Å². The van der Waals surface area contributed by atoms with E-state index in [1.807, 2.05) is 30.3 Å². The standard InChI is InChI=1S/C16H20NO2/c1-14(12-17)8-4-2-7-11-16(18)19-13-15-9-5-3-6-10-15/h3,5-6,9-10,14H,1-2,4,7-8,11,13H2. The summed E-state index contributed by atoms with van der Waals surface area (Å²) in [5, 5.41) is 8.57. The van der Waals surface area contributed by atoms with E-state index in [1.54, 1.807) is 0 Å². The van der Waals surface area contributed by atoms with E-state index in [0.29, 0.717) is 13.0 Å². The molecule has 0 aliphatic carbocycles. The van der Waals surface area contributed by atoms with E-state index < -0.39 is 0 Å². The van der Waals surface area contributed by atoms with Crippen molar-refractivity contribution in [2.45, 2.75) is 38.7 Å². The van der Waals surface area contributed by atoms with Crippen LogP contribution in [0.25, 0.3) is 0 Å². The van der Waals surface area contributed by atoms with Gasteiger partial charge in [0.25, 0.3) is 0 Å². The van der Waals surface area contributed by atoms with Crippen LogP contribution in [0.1, 0.15) is 37.7 Å². The topological polar surface area (TPSA) is 50.1 Å². The number of ether oxygens (including phenoxy) is 1. The fourth-order valence-electron chi connectivity index (χ4n) is 1.71. The van der Waals surface area contributed by atoms with E-state index >= 15 is 0 Å². The molecule has 0 N–H and O–H groups in total. The van der Waals surface area contributed by atoms with Gasteiger partial charge in [-0.2, -0.15) is 5.26 Å². The molecular formula is C16H20NO2. The van der Waals surface area contributed by atoms with E-state index in [2.05, 4.69) is 13.0 Å². The summed E-state index contributed by atoms with van der Waals surface area (Å²) < 4.78 is 5.17. The summed E-state index contributed by atoms with van der Waals surface area (Å²) in [7, 11) is 0. The molecule has 3 nitrogen and oxygen atoms in total. The molecule has 0 saturated heterocycles. The van der Waals surface area contributed by atoms with Gasteiger partial charge in [0, 0.05) is 12.3 Å². The number of benzene rings is 1. The molecule has 3 heteroatoms. The van der Waals surface area contributed by atoms with Crippen LogP contribution in [-0.2, 0) is 16.1 Å². The van der Waals surface area contributed by atoms with Gasteiger partial charge in [-0.1, -0.05) is 43.2 Å². The molecule has 0 spiro atoms. The minimum Gasteiger partial charge on any atom is -0.461 e. The zero-order chi connectivity index (χ0) is 13.9. The average Bonchev–Trinajstić information content (AvgIpc) is 2.45. The lowest BCUT2D eigenvalue weighted by molar-refractivity contribution is -0.145. The average molecular weight is 258 g/mol. The van der Waals surface area contributed by atoms with Crippen LogP contribution in [0.4, 0.5) is 0 Å². The van der Waals surface area contributed by atoms with Gasteiger partial charge in [-0.25, -0.2) is 0 Å². The van der Waals surface area contributed by atoms with Crippen molar-refractivity contribution in [3.05, 3.63) is 42.8 Å². The number of nitrogens with zero attached hydrogens (tertiary/aromatic N) is 1. The summed E-state index contributed by atoms with van der Waals surface area (Å²) in [6, 6.07) is 11.7. The van der Waals surface area contributed by atoms with Crippen molar-refractivity contribution in [2.24, 2.45) is 5.92 Å². The zero-order valence-electron chi connectivity index (χ0n) is 11.2. The molecule has 1 unspecified atom stereocenters. The first-order valence-electron chi connectivity index (χ1n) is 6.64. The molecule has 1 aromatic carbocycles. The maximum Gasteiger partial charge on any atom is 0.306 e. The third-order valence-corrected chi connectivity index (χ3v) is 2.86. The number of carbonyl (C=O) groups excluding carboxylic acids is 1. The highest BCUT2D eigenvalue weighted by Crippen LogP contribution is 2.10. The van der Waals surface area contributed by atoms with E-state index in [-0.39, 0.29) is 11.9 Å². The van der Waals surface area contributed by atoms with Crippen LogP contribution in [0.2, 0.25) is 0 Å². The minimum atomic E-state index is -0.157. The van der Waals surface area contributed by atoms with Crippen LogP contribution in [-0.4, -0.2) is 5.97 Å². The molecule has 0 bridgehead atoms. The summed E-state index contributed by atoms with van der Waals surface area (Å²) in [6.45, 7) is 4.04. The van der Waals surface area contributed by atoms with Crippen molar-refractivity contribution in [2.75, 3.05) is 0 Å². The second-order valence-corrected chi connectivity index (χ2v) is 4.57. The molecule has 0 saturated carbocycles. The summed E-state index contributed by atoms with van der Waals surface area (Å²) in [5.41, 5.74) is 1.00. The van der Waals surface area contributed by atoms with Crippen LogP contribution in [0.15, 0.2) is 30.3 Å². The van der Waals surface area contributed by atoms with Crippen molar-refractivity contribution in [3.8, 4) is 6.07 Å². The van der Waals surface area contributed by atoms with Gasteiger partial charge >= 0.3 is 5.97 Å². The Hall–Kier alpha value is -1.82. The van der Waals surface area contributed by atoms with Crippen LogP contribution in [0.5, 0.6) is 0 Å². The maximum absolute atomic E-state index is 11.5. The second-order valence-electron chi connectivity index (χ2n) is 4.57. The molecule has 1 atom stereocenters. The third-order valence-electron chi connectivity index (χ3n) is 2.86. The van der Waals surface area contributed by atoms with Crippen molar-refractivity contribution < 1.29 is 9.53 Å². The van der Waals surface area contributed by atoms with Crippen molar-refractivity contribution >= 4 is 5.97 Å². The van der Waals surface area contributed by atoms with Gasteiger partial charge in [0.15, 0.2) is 0 Å². The van der Waals surface area contributed by atoms with Crippen LogP contribution in [0, 0.1) is 24.2 Å². The van der Waals surface area contributed by atoms with E-state index in [9.17, 15) is 4.79 Å². The monoisotopic (exact) mass is 258 g/mol. The molecule has 1 radical (unpaired) electrons. The third kappa shape index (κ3) is 7.25. The van der Waals surface area contributed by atoms with Gasteiger partial charge in [-0.15, -0.1) is 0 Å². The number of unbranched alkanes of at least 4 members (excludes halogenated alkanes) is 2. The molecule has 1 aromatic rings. The Labute approximate surface area is 115 Å². The normalized spacial score (nSPS) is 11.6. The van der Waals surface area contributed by atoms with Crippen LogP contribution < -0.4 is 0 Å². The van der Waals surface area contributed by atoms with Gasteiger partial charge in [0.1, 0.15) is 6.61 Å². The first kappa shape index (κ1) is 15.2. The summed E-state index contributed by atoms with van der Waals surface area (Å²) >= 11 is 0. The van der Waals surface area contributed by atoms with E-state index in [4.69, 9.17) is 10.00 Å². The van der Waals surface area contributed by atoms with Crippen molar-refractivity contribution in [1.29, 1.82) is 5.26 Å². The van der Waals surface area contributed by atoms with Crippen molar-refractivity contribution in [3.63, 3.8) is 0 Å². The Balaban J connectivity index is 2.04. The molecule has 19 heavy (non-hydrogen) atoms. The summed E-state index contributed by atoms with van der Waals surface area (Å²) in [6.07, 6.45) is 3.93. The lowest BCUT2D eigenvalue weighted by Crippen LogP contribution is -2.04. The molecule has 0 fully saturated rings. The van der Waals surface area contributed by atoms with Crippen molar-refractivity contribution in [1.82, 2.24) is 0 Å². The predicted molar refractivity (Wildman–Crippen MR) is 73.8 cm³/mol. The maximum atomic E-state index is 11.5. The molecule has 101 valence electrons. The number of rotatable bonds is 8. The molecule has 0 aliphatic heterocycles. The highest BCUT2D eigenvalue weighted by Gasteiger charge is 2.04. The molecule has 0 heterocycles. The number of hydrogen-bond acceptors (Lipinski definition) is 3. The predicted octanol–water partition coefficient (Wildman–Crippen LogP) is 3.65. The van der Waals surface area contributed by atoms with Crippen LogP contribution in [0.3, 0.4) is 0 Å². The Kier molecular flexibility index (Phi) is 7.34. The molecule has 0 aromatic heterocycles. The first-order chi connectivity index (χ1) is 9.22. The Bertz CT molecular complexity index is 409. The second kappa shape index (κ2) is 9.16. The van der Waals surface area contributed by atoms with Gasteiger partial charge in [-0.05, 0) is 25.3 Å². The Morgan fingerprint density at radius 3 is 2.68 bits per heavy atom. The number of hydrogen-bond donors (Lipinski definition) is 0. The highest BCUT2D eigenvalue weighted by atomic mass is 16.5.